The number of hydrogen-bond acceptors (Lipinski definition) is 9. The Kier molecular flexibility index (Phi) is 7.31. The zero-order valence-electron chi connectivity index (χ0n) is 20.8. The summed E-state index contributed by atoms with van der Waals surface area (Å²) in [4.78, 5) is 50.5. The second kappa shape index (κ2) is 10.2. The van der Waals surface area contributed by atoms with Gasteiger partial charge in [0, 0.05) is 29.5 Å². The highest BCUT2D eigenvalue weighted by Gasteiger charge is 2.59. The number of ketones is 2. The van der Waals surface area contributed by atoms with Crippen LogP contribution in [0.5, 0.6) is 5.75 Å². The quantitative estimate of drug-likeness (QED) is 0.147. The zero-order valence-corrected chi connectivity index (χ0v) is 20.8. The molecule has 2 amide bonds. The first-order chi connectivity index (χ1) is 17.9. The monoisotopic (exact) mass is 531 g/mol. The number of amides is 2. The molecule has 11 nitrogen and oxygen atoms in total. The van der Waals surface area contributed by atoms with E-state index in [-0.39, 0.29) is 37.1 Å². The minimum Gasteiger partial charge on any atom is -0.511 e. The fourth-order valence-corrected chi connectivity index (χ4v) is 5.63. The molecule has 0 bridgehead atoms. The molecular formula is C26H30FN3O8. The summed E-state index contributed by atoms with van der Waals surface area (Å²) in [5.74, 6) is -9.47. The van der Waals surface area contributed by atoms with E-state index in [1.54, 1.807) is 0 Å². The highest BCUT2D eigenvalue weighted by Crippen LogP contribution is 2.52. The summed E-state index contributed by atoms with van der Waals surface area (Å²) >= 11 is 0. The number of unbranched alkanes of at least 4 members (excludes halogenated alkanes) is 2. The largest absolute Gasteiger partial charge is 0.511 e. The molecule has 1 aromatic carbocycles. The summed E-state index contributed by atoms with van der Waals surface area (Å²) < 4.78 is 15.1. The highest BCUT2D eigenvalue weighted by atomic mass is 19.1. The Balaban J connectivity index is 1.68. The van der Waals surface area contributed by atoms with Crippen LogP contribution in [0.4, 0.5) is 10.1 Å². The van der Waals surface area contributed by atoms with Crippen molar-refractivity contribution < 1.29 is 44.0 Å². The number of benzene rings is 1. The second-order valence-electron chi connectivity index (χ2n) is 9.95. The molecule has 0 saturated carbocycles. The predicted octanol–water partition coefficient (Wildman–Crippen LogP) is 1.44. The molecule has 3 aliphatic carbocycles. The molecule has 0 aliphatic heterocycles. The molecule has 3 atom stereocenters. The number of carbonyl (C=O) groups excluding carboxylic acids is 4. The van der Waals surface area contributed by atoms with Crippen molar-refractivity contribution in [3.05, 3.63) is 45.7 Å². The van der Waals surface area contributed by atoms with Gasteiger partial charge in [0.1, 0.15) is 22.9 Å². The molecule has 1 unspecified atom stereocenters. The fourth-order valence-electron chi connectivity index (χ4n) is 5.63. The van der Waals surface area contributed by atoms with Crippen LogP contribution in [-0.4, -0.2) is 62.5 Å². The number of allylic oxidation sites excluding steroid dienone is 2. The van der Waals surface area contributed by atoms with Gasteiger partial charge >= 0.3 is 0 Å². The predicted molar refractivity (Wildman–Crippen MR) is 132 cm³/mol. The molecule has 0 heterocycles. The van der Waals surface area contributed by atoms with Gasteiger partial charge in [0.05, 0.1) is 17.8 Å². The molecule has 38 heavy (non-hydrogen) atoms. The summed E-state index contributed by atoms with van der Waals surface area (Å²) in [7, 11) is 0. The van der Waals surface area contributed by atoms with Crippen molar-refractivity contribution in [1.29, 1.82) is 0 Å². The Morgan fingerprint density at radius 2 is 1.89 bits per heavy atom. The number of primary amides is 1. The second-order valence-corrected chi connectivity index (χ2v) is 9.95. The van der Waals surface area contributed by atoms with Crippen molar-refractivity contribution in [2.45, 2.75) is 51.0 Å². The normalized spacial score (nSPS) is 24.6. The van der Waals surface area contributed by atoms with Crippen LogP contribution in [0, 0.1) is 17.7 Å². The van der Waals surface area contributed by atoms with Crippen LogP contribution in [0.3, 0.4) is 0 Å². The molecule has 1 aromatic rings. The summed E-state index contributed by atoms with van der Waals surface area (Å²) in [5, 5.41) is 48.6. The van der Waals surface area contributed by atoms with E-state index in [1.165, 1.54) is 0 Å². The first-order valence-corrected chi connectivity index (χ1v) is 12.5. The van der Waals surface area contributed by atoms with Crippen LogP contribution < -0.4 is 16.4 Å². The van der Waals surface area contributed by atoms with E-state index in [0.717, 1.165) is 25.3 Å². The average molecular weight is 532 g/mol. The van der Waals surface area contributed by atoms with E-state index in [0.29, 0.717) is 6.54 Å². The lowest BCUT2D eigenvalue weighted by Gasteiger charge is -2.45. The topological polar surface area (TPSA) is 199 Å². The molecule has 12 heteroatoms. The number of Topliss-reactive ketones (excluding diaryl/α,β-unsaturated/α-hetero) is 2. The van der Waals surface area contributed by atoms with Crippen molar-refractivity contribution in [2.24, 2.45) is 17.6 Å². The summed E-state index contributed by atoms with van der Waals surface area (Å²) in [5.41, 5.74) is 0.180. The Labute approximate surface area is 217 Å². The summed E-state index contributed by atoms with van der Waals surface area (Å²) in [6.45, 7) is 2.52. The van der Waals surface area contributed by atoms with Crippen LogP contribution in [0.15, 0.2) is 28.7 Å². The van der Waals surface area contributed by atoms with E-state index in [9.17, 15) is 39.6 Å². The SMILES string of the molecule is CCCCCNCC(=O)Nc1cc(F)c2c(c1O)C(=O)C1=C(O)[C@]3(O)C(=O)C(C(N)=O)=C(O)CC3C[C@@H]1C2. The third-order valence-corrected chi connectivity index (χ3v) is 7.52. The van der Waals surface area contributed by atoms with E-state index in [2.05, 4.69) is 10.6 Å². The molecular weight excluding hydrogens is 501 g/mol. The lowest BCUT2D eigenvalue weighted by Crippen LogP contribution is -2.57. The number of aliphatic hydroxyl groups is 3. The summed E-state index contributed by atoms with van der Waals surface area (Å²) in [6, 6.07) is 0.905. The number of fused-ring (bicyclic) bond motifs is 3. The number of hydrogen-bond donors (Lipinski definition) is 7. The third kappa shape index (κ3) is 4.33. The van der Waals surface area contributed by atoms with Gasteiger partial charge in [0.2, 0.25) is 11.7 Å². The van der Waals surface area contributed by atoms with E-state index in [1.807, 2.05) is 6.92 Å². The molecule has 0 saturated heterocycles. The molecule has 204 valence electrons. The van der Waals surface area contributed by atoms with Gasteiger partial charge in [-0.1, -0.05) is 19.8 Å². The maximum absolute atomic E-state index is 15.1. The number of phenolic OH excluding ortho intramolecular Hbond substituents is 1. The Morgan fingerprint density at radius 1 is 1.18 bits per heavy atom. The Bertz CT molecular complexity index is 1300. The van der Waals surface area contributed by atoms with Gasteiger partial charge in [-0.3, -0.25) is 19.2 Å². The number of rotatable bonds is 8. The van der Waals surface area contributed by atoms with E-state index in [4.69, 9.17) is 5.73 Å². The van der Waals surface area contributed by atoms with E-state index < -0.39 is 80.6 Å². The third-order valence-electron chi connectivity index (χ3n) is 7.52. The fraction of sp³-hybridized carbons (Fsp3) is 0.462. The van der Waals surface area contributed by atoms with Crippen molar-refractivity contribution in [1.82, 2.24) is 5.32 Å². The van der Waals surface area contributed by atoms with Gasteiger partial charge in [-0.15, -0.1) is 0 Å². The maximum Gasteiger partial charge on any atom is 0.255 e. The van der Waals surface area contributed by atoms with Crippen molar-refractivity contribution in [3.63, 3.8) is 0 Å². The number of nitrogens with two attached hydrogens (primary N) is 1. The number of halogens is 1. The van der Waals surface area contributed by atoms with Gasteiger partial charge in [-0.2, -0.15) is 0 Å². The number of phenols is 1. The van der Waals surface area contributed by atoms with Crippen molar-refractivity contribution in [2.75, 3.05) is 18.4 Å². The summed E-state index contributed by atoms with van der Waals surface area (Å²) in [6.07, 6.45) is 2.21. The first kappa shape index (κ1) is 27.3. The highest BCUT2D eigenvalue weighted by molar-refractivity contribution is 6.24. The van der Waals surface area contributed by atoms with Gasteiger partial charge in [-0.25, -0.2) is 4.39 Å². The first-order valence-electron chi connectivity index (χ1n) is 12.5. The smallest absolute Gasteiger partial charge is 0.255 e. The van der Waals surface area contributed by atoms with Gasteiger partial charge < -0.3 is 36.8 Å². The number of aromatic hydroxyl groups is 1. The van der Waals surface area contributed by atoms with Gasteiger partial charge in [0.15, 0.2) is 17.1 Å². The molecule has 4 rings (SSSR count). The van der Waals surface area contributed by atoms with Crippen LogP contribution in [0.2, 0.25) is 0 Å². The zero-order chi connectivity index (χ0) is 27.9. The van der Waals surface area contributed by atoms with Crippen LogP contribution in [-0.2, 0) is 20.8 Å². The standard InChI is InChI=1S/C26H30FN3O8/c1-2-3-4-5-29-10-17(32)30-15-9-14(27)13-7-11-6-12-8-16(31)20(25(28)37)24(36)26(12,38)23(35)18(11)22(34)19(13)21(15)33/h9,11-12,29,31,33,35,38H,2-8,10H2,1H3,(H2,28,37)(H,30,32)/t11-,12?,26+/m1/s1. The Hall–Kier alpha value is -3.77. The molecule has 0 radical (unpaired) electrons. The molecule has 3 aliphatic rings. The van der Waals surface area contributed by atoms with Crippen molar-refractivity contribution >= 4 is 29.1 Å². The lowest BCUT2D eigenvalue weighted by atomic mass is 9.60. The van der Waals surface area contributed by atoms with Crippen LogP contribution in [0.25, 0.3) is 0 Å². The van der Waals surface area contributed by atoms with E-state index >= 15 is 4.39 Å². The van der Waals surface area contributed by atoms with Crippen LogP contribution >= 0.6 is 0 Å². The number of carbonyl (C=O) groups is 4. The maximum atomic E-state index is 15.1. The van der Waals surface area contributed by atoms with Gasteiger partial charge in [-0.05, 0) is 31.7 Å². The number of nitrogens with one attached hydrogen (secondary N) is 2. The molecule has 0 fully saturated rings. The molecule has 8 N–H and O–H groups in total. The van der Waals surface area contributed by atoms with Crippen molar-refractivity contribution in [3.8, 4) is 5.75 Å². The minimum absolute atomic E-state index is 0.106. The minimum atomic E-state index is -2.71. The number of aliphatic hydroxyl groups excluding tert-OH is 2. The molecule has 0 aromatic heterocycles. The number of anilines is 1. The average Bonchev–Trinajstić information content (AvgIpc) is 2.84. The molecule has 0 spiro atoms. The Morgan fingerprint density at radius 3 is 2.55 bits per heavy atom. The van der Waals surface area contributed by atoms with Gasteiger partial charge in [0.25, 0.3) is 5.91 Å². The van der Waals surface area contributed by atoms with Crippen LogP contribution in [0.1, 0.15) is 54.9 Å². The lowest BCUT2D eigenvalue weighted by molar-refractivity contribution is -0.144.